The van der Waals surface area contributed by atoms with Crippen LogP contribution in [0.2, 0.25) is 5.02 Å². The van der Waals surface area contributed by atoms with Crippen molar-refractivity contribution >= 4 is 66.4 Å². The van der Waals surface area contributed by atoms with Crippen molar-refractivity contribution < 1.29 is 13.2 Å². The number of aromatic nitrogens is 1. The van der Waals surface area contributed by atoms with Crippen LogP contribution in [0.5, 0.6) is 0 Å². The molecule has 1 aromatic heterocycles. The van der Waals surface area contributed by atoms with E-state index in [9.17, 15) is 13.2 Å². The van der Waals surface area contributed by atoms with E-state index in [1.165, 1.54) is 40.5 Å². The molecule has 0 atom stereocenters. The first-order valence-electron chi connectivity index (χ1n) is 9.46. The smallest absolute Gasteiger partial charge is 0.244 e. The minimum Gasteiger partial charge on any atom is -0.309 e. The molecule has 31 heavy (non-hydrogen) atoms. The number of halogens is 2. The molecule has 1 amide bonds. The summed E-state index contributed by atoms with van der Waals surface area (Å²) in [6, 6.07) is 11.7. The molecule has 1 heterocycles. The summed E-state index contributed by atoms with van der Waals surface area (Å²) < 4.78 is 26.5. The molecule has 0 saturated heterocycles. The maximum Gasteiger partial charge on any atom is 0.244 e. The third-order valence-corrected chi connectivity index (χ3v) is 7.45. The molecule has 0 saturated carbocycles. The Kier molecular flexibility index (Phi) is 8.85. The maximum atomic E-state index is 13.1. The van der Waals surface area contributed by atoms with Crippen molar-refractivity contribution in [3.63, 3.8) is 0 Å². The number of carbonyl (C=O) groups excluding carboxylic acids is 1. The Morgan fingerprint density at radius 1 is 1.10 bits per heavy atom. The second-order valence-corrected chi connectivity index (χ2v) is 10.8. The third-order valence-electron chi connectivity index (χ3n) is 4.54. The highest BCUT2D eigenvalue weighted by Crippen LogP contribution is 2.30. The summed E-state index contributed by atoms with van der Waals surface area (Å²) >= 11 is 7.25. The van der Waals surface area contributed by atoms with Gasteiger partial charge < -0.3 is 4.90 Å². The first kappa shape index (κ1) is 25.5. The SMILES string of the molecule is Cc1ccc2nc(N(CCCN(C)C)C(=O)CS(=O)(=O)c3ccc(Cl)cc3)sc2c1.Cl. The molecule has 10 heteroatoms. The minimum atomic E-state index is -3.79. The summed E-state index contributed by atoms with van der Waals surface area (Å²) in [4.78, 5) is 21.3. The van der Waals surface area contributed by atoms with Gasteiger partial charge in [-0.2, -0.15) is 0 Å². The van der Waals surface area contributed by atoms with Gasteiger partial charge in [0.25, 0.3) is 0 Å². The lowest BCUT2D eigenvalue weighted by Crippen LogP contribution is -2.37. The topological polar surface area (TPSA) is 70.6 Å². The Morgan fingerprint density at radius 3 is 2.42 bits per heavy atom. The molecule has 0 aliphatic heterocycles. The average molecular weight is 502 g/mol. The molecule has 0 radical (unpaired) electrons. The molecule has 2 aromatic carbocycles. The van der Waals surface area contributed by atoms with Gasteiger partial charge in [0.05, 0.1) is 15.1 Å². The van der Waals surface area contributed by atoms with Gasteiger partial charge in [0.1, 0.15) is 5.75 Å². The zero-order valence-electron chi connectivity index (χ0n) is 17.5. The Labute approximate surface area is 198 Å². The van der Waals surface area contributed by atoms with Gasteiger partial charge in [0.2, 0.25) is 5.91 Å². The Balaban J connectivity index is 0.00000341. The van der Waals surface area contributed by atoms with Crippen LogP contribution in [0, 0.1) is 6.92 Å². The van der Waals surface area contributed by atoms with Gasteiger partial charge in [-0.3, -0.25) is 9.69 Å². The van der Waals surface area contributed by atoms with Crippen molar-refractivity contribution in [2.45, 2.75) is 18.2 Å². The van der Waals surface area contributed by atoms with Crippen molar-refractivity contribution in [2.24, 2.45) is 0 Å². The highest BCUT2D eigenvalue weighted by molar-refractivity contribution is 7.92. The first-order chi connectivity index (χ1) is 14.2. The molecule has 3 aromatic rings. The second-order valence-electron chi connectivity index (χ2n) is 7.38. The van der Waals surface area contributed by atoms with Gasteiger partial charge in [-0.15, -0.1) is 12.4 Å². The Bertz CT molecular complexity index is 1150. The summed E-state index contributed by atoms with van der Waals surface area (Å²) in [6.07, 6.45) is 0.703. The molecule has 0 unspecified atom stereocenters. The molecule has 0 bridgehead atoms. The van der Waals surface area contributed by atoms with E-state index in [1.807, 2.05) is 44.1 Å². The van der Waals surface area contributed by atoms with Crippen molar-refractivity contribution in [2.75, 3.05) is 37.8 Å². The summed E-state index contributed by atoms with van der Waals surface area (Å²) in [6.45, 7) is 3.17. The molecule has 6 nitrogen and oxygen atoms in total. The third kappa shape index (κ3) is 6.63. The second kappa shape index (κ2) is 10.7. The number of amides is 1. The molecule has 0 fully saturated rings. The molecule has 0 spiro atoms. The zero-order chi connectivity index (χ0) is 21.9. The number of benzene rings is 2. The van der Waals surface area contributed by atoms with E-state index in [2.05, 4.69) is 4.98 Å². The van der Waals surface area contributed by atoms with Gasteiger partial charge in [0, 0.05) is 11.6 Å². The number of carbonyl (C=O) groups is 1. The van der Waals surface area contributed by atoms with Crippen molar-refractivity contribution in [1.82, 2.24) is 9.88 Å². The lowest BCUT2D eigenvalue weighted by Gasteiger charge is -2.21. The van der Waals surface area contributed by atoms with Gasteiger partial charge in [0.15, 0.2) is 15.0 Å². The van der Waals surface area contributed by atoms with E-state index in [0.717, 1.165) is 22.3 Å². The molecule has 3 rings (SSSR count). The Morgan fingerprint density at radius 2 is 1.77 bits per heavy atom. The van der Waals surface area contributed by atoms with E-state index < -0.39 is 21.5 Å². The highest BCUT2D eigenvalue weighted by atomic mass is 35.5. The van der Waals surface area contributed by atoms with Crippen LogP contribution >= 0.6 is 35.3 Å². The number of rotatable bonds is 8. The largest absolute Gasteiger partial charge is 0.309 e. The lowest BCUT2D eigenvalue weighted by atomic mass is 10.2. The summed E-state index contributed by atoms with van der Waals surface area (Å²) in [7, 11) is 0.121. The number of hydrogen-bond acceptors (Lipinski definition) is 6. The van der Waals surface area contributed by atoms with Crippen LogP contribution in [0.4, 0.5) is 5.13 Å². The summed E-state index contributed by atoms with van der Waals surface area (Å²) in [5, 5.41) is 0.959. The van der Waals surface area contributed by atoms with Gasteiger partial charge >= 0.3 is 0 Å². The molecule has 168 valence electrons. The predicted molar refractivity (Wildman–Crippen MR) is 131 cm³/mol. The van der Waals surface area contributed by atoms with Crippen LogP contribution in [0.3, 0.4) is 0 Å². The number of sulfone groups is 1. The van der Waals surface area contributed by atoms with Crippen LogP contribution in [0.25, 0.3) is 10.2 Å². The van der Waals surface area contributed by atoms with Crippen LogP contribution in [-0.2, 0) is 14.6 Å². The number of nitrogens with zero attached hydrogens (tertiary/aromatic N) is 3. The lowest BCUT2D eigenvalue weighted by molar-refractivity contribution is -0.116. The molecule has 0 aliphatic rings. The maximum absolute atomic E-state index is 13.1. The van der Waals surface area contributed by atoms with Crippen LogP contribution in [0.1, 0.15) is 12.0 Å². The number of aryl methyl sites for hydroxylation is 1. The monoisotopic (exact) mass is 501 g/mol. The van der Waals surface area contributed by atoms with Crippen molar-refractivity contribution in [3.05, 3.63) is 53.1 Å². The highest BCUT2D eigenvalue weighted by Gasteiger charge is 2.26. The van der Waals surface area contributed by atoms with E-state index in [1.54, 1.807) is 0 Å². The fourth-order valence-electron chi connectivity index (χ4n) is 2.97. The van der Waals surface area contributed by atoms with Crippen LogP contribution in [0.15, 0.2) is 47.4 Å². The van der Waals surface area contributed by atoms with Crippen LogP contribution < -0.4 is 4.90 Å². The number of hydrogen-bond donors (Lipinski definition) is 0. The molecular formula is C21H25Cl2N3O3S2. The number of thiazole rings is 1. The number of anilines is 1. The quantitative estimate of drug-likeness (QED) is 0.456. The van der Waals surface area contributed by atoms with E-state index in [4.69, 9.17) is 11.6 Å². The van der Waals surface area contributed by atoms with Gasteiger partial charge in [-0.25, -0.2) is 13.4 Å². The van der Waals surface area contributed by atoms with Gasteiger partial charge in [-0.05, 0) is 75.9 Å². The first-order valence-corrected chi connectivity index (χ1v) is 12.3. The molecular weight excluding hydrogens is 477 g/mol. The normalized spacial score (nSPS) is 11.5. The summed E-state index contributed by atoms with van der Waals surface area (Å²) in [5.41, 5.74) is 1.90. The summed E-state index contributed by atoms with van der Waals surface area (Å²) in [5.74, 6) is -1.11. The van der Waals surface area contributed by atoms with Crippen molar-refractivity contribution in [3.8, 4) is 0 Å². The van der Waals surface area contributed by atoms with E-state index in [-0.39, 0.29) is 17.3 Å². The molecule has 0 aliphatic carbocycles. The standard InChI is InChI=1S/C21H24ClN3O3S2.ClH/c1-15-5-10-18-19(13-15)29-21(23-18)25(12-4-11-24(2)3)20(26)14-30(27,28)17-8-6-16(22)7-9-17;/h5-10,13H,4,11-12,14H2,1-3H3;1H. The van der Waals surface area contributed by atoms with E-state index in [0.29, 0.717) is 23.1 Å². The minimum absolute atomic E-state index is 0. The fraction of sp³-hybridized carbons (Fsp3) is 0.333. The van der Waals surface area contributed by atoms with Gasteiger partial charge in [-0.1, -0.05) is 29.0 Å². The number of fused-ring (bicyclic) bond motifs is 1. The average Bonchev–Trinajstić information content (AvgIpc) is 3.07. The van der Waals surface area contributed by atoms with Crippen molar-refractivity contribution in [1.29, 1.82) is 0 Å². The zero-order valence-corrected chi connectivity index (χ0v) is 20.7. The van der Waals surface area contributed by atoms with E-state index >= 15 is 0 Å². The fourth-order valence-corrected chi connectivity index (χ4v) is 5.40. The Hall–Kier alpha value is -1.71. The molecule has 0 N–H and O–H groups in total. The predicted octanol–water partition coefficient (Wildman–Crippen LogP) is 4.44. The van der Waals surface area contributed by atoms with Crippen LogP contribution in [-0.4, -0.2) is 57.1 Å².